The summed E-state index contributed by atoms with van der Waals surface area (Å²) in [5.41, 5.74) is 4.88. The monoisotopic (exact) mass is 309 g/mol. The van der Waals surface area contributed by atoms with Crippen molar-refractivity contribution in [3.05, 3.63) is 48.3 Å². The van der Waals surface area contributed by atoms with Crippen LogP contribution in [0.25, 0.3) is 16.9 Å². The summed E-state index contributed by atoms with van der Waals surface area (Å²) >= 11 is 1.60. The molecular weight excluding hydrogens is 294 g/mol. The van der Waals surface area contributed by atoms with Crippen molar-refractivity contribution in [1.82, 2.24) is 9.38 Å². The molecule has 1 amide bonds. The number of rotatable bonds is 1. The fraction of sp³-hybridized carbons (Fsp3) is 0.176. The van der Waals surface area contributed by atoms with E-state index in [1.54, 1.807) is 11.8 Å². The third-order valence-corrected chi connectivity index (χ3v) is 5.13. The Morgan fingerprint density at radius 1 is 1.27 bits per heavy atom. The molecule has 3 aromatic rings. The molecule has 0 bridgehead atoms. The maximum absolute atomic E-state index is 11.9. The number of anilines is 1. The van der Waals surface area contributed by atoms with Crippen molar-refractivity contribution in [3.63, 3.8) is 0 Å². The van der Waals surface area contributed by atoms with Crippen molar-refractivity contribution in [1.29, 1.82) is 0 Å². The molecule has 1 atom stereocenters. The van der Waals surface area contributed by atoms with Gasteiger partial charge >= 0.3 is 0 Å². The zero-order valence-corrected chi connectivity index (χ0v) is 13.1. The van der Waals surface area contributed by atoms with Crippen LogP contribution >= 0.6 is 11.8 Å². The quantitative estimate of drug-likeness (QED) is 0.745. The third-order valence-electron chi connectivity index (χ3n) is 3.95. The van der Waals surface area contributed by atoms with Gasteiger partial charge in [-0.25, -0.2) is 4.98 Å². The first kappa shape index (κ1) is 13.4. The summed E-state index contributed by atoms with van der Waals surface area (Å²) in [5, 5.41) is 2.93. The summed E-state index contributed by atoms with van der Waals surface area (Å²) < 4.78 is 2.07. The molecule has 1 aromatic carbocycles. The molecule has 4 rings (SSSR count). The molecule has 0 radical (unpaired) electrons. The van der Waals surface area contributed by atoms with E-state index in [1.165, 1.54) is 0 Å². The van der Waals surface area contributed by atoms with E-state index in [-0.39, 0.29) is 11.2 Å². The van der Waals surface area contributed by atoms with Crippen LogP contribution in [0.5, 0.6) is 0 Å². The van der Waals surface area contributed by atoms with Crippen LogP contribution < -0.4 is 5.32 Å². The Bertz CT molecular complexity index is 900. The number of aryl methyl sites for hydroxylation is 1. The molecule has 1 N–H and O–H groups in total. The van der Waals surface area contributed by atoms with Crippen LogP contribution in [0.15, 0.2) is 47.5 Å². The molecule has 5 heteroatoms. The van der Waals surface area contributed by atoms with Gasteiger partial charge in [-0.3, -0.25) is 4.79 Å². The lowest BCUT2D eigenvalue weighted by Crippen LogP contribution is -2.26. The van der Waals surface area contributed by atoms with Crippen molar-refractivity contribution in [2.45, 2.75) is 24.0 Å². The maximum atomic E-state index is 11.9. The molecule has 0 spiro atoms. The van der Waals surface area contributed by atoms with E-state index in [0.717, 1.165) is 33.2 Å². The average molecular weight is 309 g/mol. The Labute approximate surface area is 132 Å². The summed E-state index contributed by atoms with van der Waals surface area (Å²) in [6.07, 6.45) is 2.01. The average Bonchev–Trinajstić information content (AvgIpc) is 2.86. The van der Waals surface area contributed by atoms with E-state index < -0.39 is 0 Å². The summed E-state index contributed by atoms with van der Waals surface area (Å²) in [6.45, 7) is 3.98. The lowest BCUT2D eigenvalue weighted by Gasteiger charge is -2.21. The highest BCUT2D eigenvalue weighted by molar-refractivity contribution is 8.00. The zero-order valence-electron chi connectivity index (χ0n) is 12.3. The van der Waals surface area contributed by atoms with Gasteiger partial charge in [-0.2, -0.15) is 0 Å². The molecule has 1 aliphatic rings. The Kier molecular flexibility index (Phi) is 2.97. The fourth-order valence-electron chi connectivity index (χ4n) is 2.75. The third kappa shape index (κ3) is 2.01. The number of hydrogen-bond acceptors (Lipinski definition) is 3. The molecule has 3 heterocycles. The lowest BCUT2D eigenvalue weighted by atomic mass is 10.1. The fourth-order valence-corrected chi connectivity index (χ4v) is 3.68. The maximum Gasteiger partial charge on any atom is 0.237 e. The number of pyridine rings is 1. The highest BCUT2D eigenvalue weighted by atomic mass is 32.2. The van der Waals surface area contributed by atoms with Crippen molar-refractivity contribution in [3.8, 4) is 11.3 Å². The molecule has 2 aromatic heterocycles. The highest BCUT2D eigenvalue weighted by Gasteiger charge is 2.23. The van der Waals surface area contributed by atoms with Gasteiger partial charge in [0.15, 0.2) is 0 Å². The number of thioether (sulfide) groups is 1. The molecular formula is C17H15N3OS. The van der Waals surface area contributed by atoms with Crippen molar-refractivity contribution in [2.24, 2.45) is 0 Å². The van der Waals surface area contributed by atoms with E-state index in [4.69, 9.17) is 4.98 Å². The minimum Gasteiger partial charge on any atom is -0.324 e. The number of aromatic nitrogens is 2. The van der Waals surface area contributed by atoms with Gasteiger partial charge in [0.25, 0.3) is 0 Å². The van der Waals surface area contributed by atoms with Crippen molar-refractivity contribution >= 4 is 29.0 Å². The smallest absolute Gasteiger partial charge is 0.237 e. The van der Waals surface area contributed by atoms with Crippen LogP contribution in [0.2, 0.25) is 0 Å². The SMILES string of the molecule is Cc1c(-c2ccc3c(c2)NC(=O)C(C)S3)nc2ccccn12. The van der Waals surface area contributed by atoms with E-state index in [0.29, 0.717) is 0 Å². The first-order valence-corrected chi connectivity index (χ1v) is 8.07. The largest absolute Gasteiger partial charge is 0.324 e. The van der Waals surface area contributed by atoms with Crippen molar-refractivity contribution < 1.29 is 4.79 Å². The van der Waals surface area contributed by atoms with Gasteiger partial charge in [0.05, 0.1) is 16.6 Å². The number of nitrogens with zero attached hydrogens (tertiary/aromatic N) is 2. The molecule has 110 valence electrons. The van der Waals surface area contributed by atoms with E-state index in [9.17, 15) is 4.79 Å². The van der Waals surface area contributed by atoms with Gasteiger partial charge in [0.1, 0.15) is 5.65 Å². The Morgan fingerprint density at radius 2 is 2.14 bits per heavy atom. The standard InChI is InChI=1S/C17H15N3OS/c1-10-16(19-15-5-3-4-8-20(10)15)12-6-7-14-13(9-12)18-17(21)11(2)22-14/h3-9,11H,1-2H3,(H,18,21). The molecule has 0 fully saturated rings. The predicted molar refractivity (Wildman–Crippen MR) is 89.3 cm³/mol. The Hall–Kier alpha value is -2.27. The number of amides is 1. The number of fused-ring (bicyclic) bond motifs is 2. The second kappa shape index (κ2) is 4.88. The van der Waals surface area contributed by atoms with E-state index in [2.05, 4.69) is 28.8 Å². The minimum absolute atomic E-state index is 0.0460. The second-order valence-electron chi connectivity index (χ2n) is 5.43. The molecule has 1 aliphatic heterocycles. The summed E-state index contributed by atoms with van der Waals surface area (Å²) in [5.74, 6) is 0.0568. The number of hydrogen-bond donors (Lipinski definition) is 1. The zero-order chi connectivity index (χ0) is 15.3. The van der Waals surface area contributed by atoms with Gasteiger partial charge < -0.3 is 9.72 Å². The number of carbonyl (C=O) groups excluding carboxylic acids is 1. The van der Waals surface area contributed by atoms with Gasteiger partial charge in [-0.1, -0.05) is 12.1 Å². The normalized spacial score (nSPS) is 17.4. The lowest BCUT2D eigenvalue weighted by molar-refractivity contribution is -0.115. The van der Waals surface area contributed by atoms with Gasteiger partial charge in [-0.05, 0) is 38.1 Å². The van der Waals surface area contributed by atoms with Gasteiger partial charge in [-0.15, -0.1) is 11.8 Å². The van der Waals surface area contributed by atoms with Crippen LogP contribution in [-0.2, 0) is 4.79 Å². The number of imidazole rings is 1. The summed E-state index contributed by atoms with van der Waals surface area (Å²) in [4.78, 5) is 17.7. The van der Waals surface area contributed by atoms with Crippen LogP contribution in [-0.4, -0.2) is 20.5 Å². The van der Waals surface area contributed by atoms with Crippen LogP contribution in [0.3, 0.4) is 0 Å². The predicted octanol–water partition coefficient (Wildman–Crippen LogP) is 3.74. The highest BCUT2D eigenvalue weighted by Crippen LogP contribution is 2.38. The second-order valence-corrected chi connectivity index (χ2v) is 6.82. The molecule has 22 heavy (non-hydrogen) atoms. The number of carbonyl (C=O) groups is 1. The number of nitrogens with one attached hydrogen (secondary N) is 1. The molecule has 0 saturated heterocycles. The topological polar surface area (TPSA) is 46.4 Å². The van der Waals surface area contributed by atoms with Gasteiger partial charge in [0, 0.05) is 22.3 Å². The Morgan fingerprint density at radius 3 is 2.95 bits per heavy atom. The molecule has 0 aliphatic carbocycles. The van der Waals surface area contributed by atoms with E-state index >= 15 is 0 Å². The minimum atomic E-state index is -0.0460. The first-order valence-electron chi connectivity index (χ1n) is 7.19. The van der Waals surface area contributed by atoms with Gasteiger partial charge in [0.2, 0.25) is 5.91 Å². The van der Waals surface area contributed by atoms with Crippen LogP contribution in [0, 0.1) is 6.92 Å². The summed E-state index contributed by atoms with van der Waals surface area (Å²) in [7, 11) is 0. The summed E-state index contributed by atoms with van der Waals surface area (Å²) in [6, 6.07) is 12.1. The molecule has 4 nitrogen and oxygen atoms in total. The van der Waals surface area contributed by atoms with Crippen molar-refractivity contribution in [2.75, 3.05) is 5.32 Å². The Balaban J connectivity index is 1.84. The molecule has 1 unspecified atom stereocenters. The van der Waals surface area contributed by atoms with Crippen LogP contribution in [0.4, 0.5) is 5.69 Å². The first-order chi connectivity index (χ1) is 10.6. The molecule has 0 saturated carbocycles. The van der Waals surface area contributed by atoms with Crippen LogP contribution in [0.1, 0.15) is 12.6 Å². The van der Waals surface area contributed by atoms with E-state index in [1.807, 2.05) is 37.4 Å². The number of benzene rings is 1.